The predicted molar refractivity (Wildman–Crippen MR) is 30.2 cm³/mol. The predicted octanol–water partition coefficient (Wildman–Crippen LogP) is 0.837. The summed E-state index contributed by atoms with van der Waals surface area (Å²) in [6, 6.07) is 0. The molecule has 0 aliphatic heterocycles. The Labute approximate surface area is 66.6 Å². The Hall–Kier alpha value is -0.336. The fourth-order valence-corrected chi connectivity index (χ4v) is 0.468. The Bertz CT molecular complexity index is 152. The summed E-state index contributed by atoms with van der Waals surface area (Å²) in [5.41, 5.74) is 0.924. The fraction of sp³-hybridized carbons (Fsp3) is 0.333. The van der Waals surface area contributed by atoms with Crippen molar-refractivity contribution in [2.75, 3.05) is 0 Å². The van der Waals surface area contributed by atoms with E-state index < -0.39 is 0 Å². The van der Waals surface area contributed by atoms with E-state index in [0.717, 1.165) is 12.1 Å². The Balaban J connectivity index is 0.000000640. The van der Waals surface area contributed by atoms with E-state index in [2.05, 4.69) is 16.2 Å². The third kappa shape index (κ3) is 2.63. The molecule has 0 aliphatic rings. The molecule has 1 heterocycles. The first-order valence-corrected chi connectivity index (χ1v) is 2.61. The molecule has 0 atom stereocenters. The topological polar surface area (TPSA) is 25.8 Å². The van der Waals surface area contributed by atoms with Gasteiger partial charge in [-0.15, -0.1) is 12.4 Å². The first-order valence-electron chi connectivity index (χ1n) is 2.61. The molecule has 0 N–H and O–H groups in total. The minimum absolute atomic E-state index is 0. The van der Waals surface area contributed by atoms with Gasteiger partial charge in [0.2, 0.25) is 0 Å². The maximum Gasteiger partial charge on any atom is 2.00 e. The number of hydrogen-bond donors (Lipinski definition) is 0. The van der Waals surface area contributed by atoms with Gasteiger partial charge in [0.15, 0.2) is 0 Å². The Morgan fingerprint density at radius 1 is 1.56 bits per heavy atom. The molecule has 0 fully saturated rings. The Morgan fingerprint density at radius 3 is 2.67 bits per heavy atom. The third-order valence-electron chi connectivity index (χ3n) is 0.900. The maximum absolute atomic E-state index is 3.98. The van der Waals surface area contributed by atoms with Crippen molar-refractivity contribution >= 4 is 0 Å². The van der Waals surface area contributed by atoms with Crippen LogP contribution in [0, 0.1) is 6.20 Å². The molecule has 1 aromatic heterocycles. The normalized spacial score (nSPS) is 8.11. The molecule has 0 aliphatic carbocycles. The molecular formula is C6H7N2V+. The van der Waals surface area contributed by atoms with Crippen LogP contribution in [0.2, 0.25) is 0 Å². The maximum atomic E-state index is 3.98. The van der Waals surface area contributed by atoms with Crippen LogP contribution < -0.4 is 0 Å². The van der Waals surface area contributed by atoms with Gasteiger partial charge in [0.25, 0.3) is 0 Å². The SMILES string of the molecule is CCc1[c-]nccn1.[V+2]. The molecule has 45 valence electrons. The van der Waals surface area contributed by atoms with E-state index in [0.29, 0.717) is 0 Å². The van der Waals surface area contributed by atoms with E-state index in [9.17, 15) is 0 Å². The Morgan fingerprint density at radius 2 is 2.33 bits per heavy atom. The number of aromatic nitrogens is 2. The smallest absolute Gasteiger partial charge is 0.456 e. The van der Waals surface area contributed by atoms with E-state index >= 15 is 0 Å². The van der Waals surface area contributed by atoms with Crippen molar-refractivity contribution in [2.45, 2.75) is 13.3 Å². The second-order valence-corrected chi connectivity index (χ2v) is 1.47. The van der Waals surface area contributed by atoms with E-state index in [-0.39, 0.29) is 18.6 Å². The zero-order valence-electron chi connectivity index (χ0n) is 5.20. The molecule has 0 amide bonds. The van der Waals surface area contributed by atoms with Crippen molar-refractivity contribution in [3.63, 3.8) is 0 Å². The van der Waals surface area contributed by atoms with Gasteiger partial charge in [-0.1, -0.05) is 6.92 Å². The fourth-order valence-electron chi connectivity index (χ4n) is 0.468. The van der Waals surface area contributed by atoms with Gasteiger partial charge < -0.3 is 4.98 Å². The molecule has 9 heavy (non-hydrogen) atoms. The van der Waals surface area contributed by atoms with Crippen LogP contribution in [0.1, 0.15) is 12.6 Å². The third-order valence-corrected chi connectivity index (χ3v) is 0.900. The van der Waals surface area contributed by atoms with Crippen molar-refractivity contribution in [3.8, 4) is 0 Å². The molecule has 0 spiro atoms. The second kappa shape index (κ2) is 4.53. The summed E-state index contributed by atoms with van der Waals surface area (Å²) < 4.78 is 0. The minimum atomic E-state index is 0. The van der Waals surface area contributed by atoms with Gasteiger partial charge in [0.05, 0.1) is 0 Å². The van der Waals surface area contributed by atoms with Crippen molar-refractivity contribution < 1.29 is 18.6 Å². The first kappa shape index (κ1) is 8.66. The van der Waals surface area contributed by atoms with Crippen LogP contribution in [0.15, 0.2) is 12.4 Å². The van der Waals surface area contributed by atoms with Crippen LogP contribution in [-0.2, 0) is 25.0 Å². The van der Waals surface area contributed by atoms with Gasteiger partial charge in [0, 0.05) is 0 Å². The summed E-state index contributed by atoms with van der Waals surface area (Å²) in [5.74, 6) is 0. The van der Waals surface area contributed by atoms with E-state index in [4.69, 9.17) is 0 Å². The molecular weight excluding hydrogens is 151 g/mol. The van der Waals surface area contributed by atoms with E-state index in [1.807, 2.05) is 6.92 Å². The van der Waals surface area contributed by atoms with Crippen LogP contribution in [-0.4, -0.2) is 9.97 Å². The molecule has 1 rings (SSSR count). The average molecular weight is 158 g/mol. The van der Waals surface area contributed by atoms with Gasteiger partial charge >= 0.3 is 18.6 Å². The van der Waals surface area contributed by atoms with Crippen LogP contribution >= 0.6 is 0 Å². The van der Waals surface area contributed by atoms with Crippen LogP contribution in [0.3, 0.4) is 0 Å². The monoisotopic (exact) mass is 158 g/mol. The van der Waals surface area contributed by atoms with Gasteiger partial charge in [-0.2, -0.15) is 0 Å². The van der Waals surface area contributed by atoms with Crippen molar-refractivity contribution in [3.05, 3.63) is 24.3 Å². The molecule has 1 aromatic rings. The van der Waals surface area contributed by atoms with Gasteiger partial charge in [-0.25, -0.2) is 0 Å². The first-order chi connectivity index (χ1) is 3.93. The summed E-state index contributed by atoms with van der Waals surface area (Å²) in [6.07, 6.45) is 6.97. The van der Waals surface area contributed by atoms with Gasteiger partial charge in [0.1, 0.15) is 0 Å². The van der Waals surface area contributed by atoms with Gasteiger partial charge in [-0.3, -0.25) is 4.98 Å². The summed E-state index contributed by atoms with van der Waals surface area (Å²) in [5, 5.41) is 0. The molecule has 0 unspecified atom stereocenters. The van der Waals surface area contributed by atoms with Gasteiger partial charge in [-0.05, 0) is 18.3 Å². The Kier molecular flexibility index (Phi) is 4.37. The van der Waals surface area contributed by atoms with Crippen LogP contribution in [0.4, 0.5) is 0 Å². The standard InChI is InChI=1S/C6H7N2.V/c1-2-6-5-7-3-4-8-6;/h3-4H,2H2,1H3;/q-1;+2. The number of hydrogen-bond acceptors (Lipinski definition) is 2. The molecule has 2 nitrogen and oxygen atoms in total. The zero-order chi connectivity index (χ0) is 5.82. The summed E-state index contributed by atoms with van der Waals surface area (Å²) in [6.45, 7) is 2.03. The second-order valence-electron chi connectivity index (χ2n) is 1.47. The molecule has 0 saturated carbocycles. The summed E-state index contributed by atoms with van der Waals surface area (Å²) >= 11 is 0. The van der Waals surface area contributed by atoms with Crippen LogP contribution in [0.25, 0.3) is 0 Å². The van der Waals surface area contributed by atoms with Crippen molar-refractivity contribution in [2.24, 2.45) is 0 Å². The summed E-state index contributed by atoms with van der Waals surface area (Å²) in [4.78, 5) is 7.75. The van der Waals surface area contributed by atoms with Crippen molar-refractivity contribution in [1.29, 1.82) is 0 Å². The number of rotatable bonds is 1. The largest absolute Gasteiger partial charge is 2.00 e. The zero-order valence-corrected chi connectivity index (χ0v) is 6.60. The quantitative estimate of drug-likeness (QED) is 0.566. The van der Waals surface area contributed by atoms with Crippen LogP contribution in [0.5, 0.6) is 0 Å². The molecule has 0 saturated heterocycles. The molecule has 3 heteroatoms. The molecule has 0 bridgehead atoms. The minimum Gasteiger partial charge on any atom is -0.456 e. The number of aryl methyl sites for hydroxylation is 1. The molecule has 0 aromatic carbocycles. The number of nitrogens with zero attached hydrogens (tertiary/aromatic N) is 2. The van der Waals surface area contributed by atoms with Crippen molar-refractivity contribution in [1.82, 2.24) is 9.97 Å². The van der Waals surface area contributed by atoms with E-state index in [1.165, 1.54) is 0 Å². The average Bonchev–Trinajstić information content (AvgIpc) is 1.90. The van der Waals surface area contributed by atoms with E-state index in [1.54, 1.807) is 12.4 Å². The molecule has 1 radical (unpaired) electrons. The summed E-state index contributed by atoms with van der Waals surface area (Å²) in [7, 11) is 0.